The van der Waals surface area contributed by atoms with Gasteiger partial charge in [0.1, 0.15) is 5.60 Å². The van der Waals surface area contributed by atoms with Crippen molar-refractivity contribution in [1.29, 1.82) is 0 Å². The van der Waals surface area contributed by atoms with Crippen molar-refractivity contribution in [2.45, 2.75) is 25.6 Å². The Kier molecular flexibility index (Phi) is 2.17. The quantitative estimate of drug-likeness (QED) is 0.587. The third kappa shape index (κ3) is 1.62. The lowest BCUT2D eigenvalue weighted by Gasteiger charge is -2.27. The van der Waals surface area contributed by atoms with E-state index in [1.54, 1.807) is 0 Å². The molecule has 3 heteroatoms. The number of allylic oxidation sites excluding steroid dienone is 2. The number of carbonyl (C=O) groups excluding carboxylic acids is 1. The van der Waals surface area contributed by atoms with Crippen molar-refractivity contribution >= 4 is 5.78 Å². The number of rotatable bonds is 1. The molecule has 0 aromatic carbocycles. The molecule has 1 aliphatic rings. The molecule has 0 spiro atoms. The van der Waals surface area contributed by atoms with E-state index >= 15 is 0 Å². The Balaban J connectivity index is 3.02. The first-order valence-corrected chi connectivity index (χ1v) is 3.79. The number of ketones is 1. The maximum Gasteiger partial charge on any atom is 0.178 e. The summed E-state index contributed by atoms with van der Waals surface area (Å²) in [6.45, 7) is 3.06. The Bertz CT molecular complexity index is 259. The van der Waals surface area contributed by atoms with Gasteiger partial charge in [0.2, 0.25) is 0 Å². The standard InChI is InChI=1S/C9H12O3/c1-6(10)8-5-7(11)3-4-9(8,2)12/h3-6,10,12H,1-2H3/t6-,9-/m1/s1. The minimum absolute atomic E-state index is 0.197. The van der Waals surface area contributed by atoms with Gasteiger partial charge >= 0.3 is 0 Å². The van der Waals surface area contributed by atoms with Gasteiger partial charge in [0.05, 0.1) is 6.10 Å². The number of carbonyl (C=O) groups is 1. The zero-order chi connectivity index (χ0) is 9.35. The fourth-order valence-corrected chi connectivity index (χ4v) is 1.23. The first-order chi connectivity index (χ1) is 5.43. The van der Waals surface area contributed by atoms with Crippen LogP contribution in [0.1, 0.15) is 13.8 Å². The van der Waals surface area contributed by atoms with Gasteiger partial charge in [-0.15, -0.1) is 0 Å². The van der Waals surface area contributed by atoms with Crippen LogP contribution in [-0.4, -0.2) is 27.7 Å². The van der Waals surface area contributed by atoms with Crippen LogP contribution >= 0.6 is 0 Å². The van der Waals surface area contributed by atoms with Crippen molar-refractivity contribution in [1.82, 2.24) is 0 Å². The molecular weight excluding hydrogens is 156 g/mol. The zero-order valence-electron chi connectivity index (χ0n) is 7.11. The number of hydrogen-bond acceptors (Lipinski definition) is 3. The maximum atomic E-state index is 10.9. The summed E-state index contributed by atoms with van der Waals surface area (Å²) in [5.41, 5.74) is -0.850. The van der Waals surface area contributed by atoms with Gasteiger partial charge in [-0.1, -0.05) is 0 Å². The summed E-state index contributed by atoms with van der Waals surface area (Å²) in [7, 11) is 0. The Labute approximate surface area is 71.0 Å². The monoisotopic (exact) mass is 168 g/mol. The van der Waals surface area contributed by atoms with Crippen LogP contribution < -0.4 is 0 Å². The predicted octanol–water partition coefficient (Wildman–Crippen LogP) is 0.183. The first-order valence-electron chi connectivity index (χ1n) is 3.79. The van der Waals surface area contributed by atoms with Gasteiger partial charge in [0, 0.05) is 0 Å². The van der Waals surface area contributed by atoms with Crippen LogP contribution in [0.2, 0.25) is 0 Å². The van der Waals surface area contributed by atoms with E-state index in [-0.39, 0.29) is 5.78 Å². The molecule has 0 unspecified atom stereocenters. The highest BCUT2D eigenvalue weighted by molar-refractivity contribution is 6.01. The molecule has 66 valence electrons. The molecule has 0 saturated heterocycles. The summed E-state index contributed by atoms with van der Waals surface area (Å²) >= 11 is 0. The van der Waals surface area contributed by atoms with Crippen LogP contribution in [0.5, 0.6) is 0 Å². The third-order valence-electron chi connectivity index (χ3n) is 1.90. The van der Waals surface area contributed by atoms with Gasteiger partial charge in [-0.05, 0) is 37.6 Å². The molecule has 0 fully saturated rings. The second-order valence-corrected chi connectivity index (χ2v) is 3.16. The predicted molar refractivity (Wildman–Crippen MR) is 44.5 cm³/mol. The molecule has 0 heterocycles. The third-order valence-corrected chi connectivity index (χ3v) is 1.90. The lowest BCUT2D eigenvalue weighted by atomic mass is 9.87. The minimum Gasteiger partial charge on any atom is -0.389 e. The van der Waals surface area contributed by atoms with Crippen LogP contribution in [0, 0.1) is 0 Å². The molecule has 3 nitrogen and oxygen atoms in total. The lowest BCUT2D eigenvalue weighted by Crippen LogP contribution is -2.33. The Morgan fingerprint density at radius 2 is 2.17 bits per heavy atom. The molecule has 12 heavy (non-hydrogen) atoms. The highest BCUT2D eigenvalue weighted by Gasteiger charge is 2.29. The van der Waals surface area contributed by atoms with E-state index in [0.717, 1.165) is 0 Å². The summed E-state index contributed by atoms with van der Waals surface area (Å²) in [4.78, 5) is 10.9. The Morgan fingerprint density at radius 1 is 1.58 bits per heavy atom. The smallest absolute Gasteiger partial charge is 0.178 e. The largest absolute Gasteiger partial charge is 0.389 e. The zero-order valence-corrected chi connectivity index (χ0v) is 7.11. The molecule has 1 aliphatic carbocycles. The van der Waals surface area contributed by atoms with E-state index in [4.69, 9.17) is 0 Å². The van der Waals surface area contributed by atoms with Crippen LogP contribution in [0.25, 0.3) is 0 Å². The average molecular weight is 168 g/mol. The fourth-order valence-electron chi connectivity index (χ4n) is 1.23. The molecule has 0 radical (unpaired) electrons. The molecule has 1 rings (SSSR count). The summed E-state index contributed by atoms with van der Waals surface area (Å²) < 4.78 is 0. The minimum atomic E-state index is -1.19. The molecular formula is C9H12O3. The Hall–Kier alpha value is -0.930. The van der Waals surface area contributed by atoms with Gasteiger partial charge in [-0.2, -0.15) is 0 Å². The molecule has 0 bridgehead atoms. The maximum absolute atomic E-state index is 10.9. The second kappa shape index (κ2) is 2.84. The van der Waals surface area contributed by atoms with Crippen molar-refractivity contribution in [2.24, 2.45) is 0 Å². The van der Waals surface area contributed by atoms with Crippen LogP contribution in [0.4, 0.5) is 0 Å². The van der Waals surface area contributed by atoms with Crippen LogP contribution in [-0.2, 0) is 4.79 Å². The highest BCUT2D eigenvalue weighted by atomic mass is 16.3. The number of aliphatic hydroxyl groups excluding tert-OH is 1. The van der Waals surface area contributed by atoms with Crippen LogP contribution in [0.15, 0.2) is 23.8 Å². The molecule has 0 aromatic rings. The van der Waals surface area contributed by atoms with Crippen molar-refractivity contribution in [3.63, 3.8) is 0 Å². The van der Waals surface area contributed by atoms with E-state index in [1.807, 2.05) is 0 Å². The normalized spacial score (nSPS) is 31.7. The van der Waals surface area contributed by atoms with Gasteiger partial charge in [0.25, 0.3) is 0 Å². The molecule has 0 amide bonds. The molecule has 2 N–H and O–H groups in total. The fraction of sp³-hybridized carbons (Fsp3) is 0.444. The summed E-state index contributed by atoms with van der Waals surface area (Å²) in [6, 6.07) is 0. The second-order valence-electron chi connectivity index (χ2n) is 3.16. The molecule has 0 aliphatic heterocycles. The summed E-state index contributed by atoms with van der Waals surface area (Å²) in [6.07, 6.45) is 3.15. The van der Waals surface area contributed by atoms with Gasteiger partial charge in [-0.25, -0.2) is 0 Å². The van der Waals surface area contributed by atoms with Gasteiger partial charge in [-0.3, -0.25) is 4.79 Å². The van der Waals surface area contributed by atoms with E-state index in [1.165, 1.54) is 32.1 Å². The molecule has 0 saturated carbocycles. The lowest BCUT2D eigenvalue weighted by molar-refractivity contribution is -0.111. The number of hydrogen-bond donors (Lipinski definition) is 2. The summed E-state index contributed by atoms with van der Waals surface area (Å²) in [5.74, 6) is -0.197. The van der Waals surface area contributed by atoms with Crippen molar-refractivity contribution in [3.8, 4) is 0 Å². The first kappa shape index (κ1) is 9.16. The van der Waals surface area contributed by atoms with Gasteiger partial charge < -0.3 is 10.2 Å². The SMILES string of the molecule is C[C@@H](O)C1=CC(=O)C=C[C@@]1(C)O. The average Bonchev–Trinajstić information content (AvgIpc) is 1.94. The summed E-state index contributed by atoms with van der Waals surface area (Å²) in [5, 5.41) is 18.9. The topological polar surface area (TPSA) is 57.5 Å². The number of aliphatic hydroxyl groups is 2. The molecule has 0 aromatic heterocycles. The van der Waals surface area contributed by atoms with E-state index in [0.29, 0.717) is 5.57 Å². The van der Waals surface area contributed by atoms with Crippen molar-refractivity contribution < 1.29 is 15.0 Å². The van der Waals surface area contributed by atoms with E-state index in [9.17, 15) is 15.0 Å². The Morgan fingerprint density at radius 3 is 2.58 bits per heavy atom. The van der Waals surface area contributed by atoms with Gasteiger partial charge in [0.15, 0.2) is 5.78 Å². The van der Waals surface area contributed by atoms with Crippen molar-refractivity contribution in [2.75, 3.05) is 0 Å². The molecule has 2 atom stereocenters. The van der Waals surface area contributed by atoms with Crippen LogP contribution in [0.3, 0.4) is 0 Å². The highest BCUT2D eigenvalue weighted by Crippen LogP contribution is 2.24. The van der Waals surface area contributed by atoms with E-state index in [2.05, 4.69) is 0 Å². The van der Waals surface area contributed by atoms with E-state index < -0.39 is 11.7 Å². The van der Waals surface area contributed by atoms with Crippen molar-refractivity contribution in [3.05, 3.63) is 23.8 Å².